The van der Waals surface area contributed by atoms with E-state index in [1.54, 1.807) is 13.8 Å². The maximum absolute atomic E-state index is 11.9. The first-order chi connectivity index (χ1) is 10.6. The minimum absolute atomic E-state index is 0.0825. The molecule has 3 nitrogen and oxygen atoms in total. The van der Waals surface area contributed by atoms with E-state index in [1.807, 2.05) is 0 Å². The number of rotatable bonds is 7. The molecule has 2 bridgehead atoms. The monoisotopic (exact) mass is 321 g/mol. The van der Waals surface area contributed by atoms with E-state index in [2.05, 4.69) is 11.8 Å². The van der Waals surface area contributed by atoms with Gasteiger partial charge in [0.15, 0.2) is 0 Å². The van der Waals surface area contributed by atoms with E-state index in [0.29, 0.717) is 17.7 Å². The molecule has 2 fully saturated rings. The molecule has 0 spiro atoms. The fraction of sp³-hybridized carbons (Fsp3) is 0.778. The first-order valence-electron chi connectivity index (χ1n) is 8.77. The Morgan fingerprint density at radius 1 is 1.00 bits per heavy atom. The van der Waals surface area contributed by atoms with Crippen molar-refractivity contribution in [3.8, 4) is 0 Å². The first-order valence-corrected chi connectivity index (χ1v) is 9.71. The number of carbonyl (C=O) groups is 2. The average Bonchev–Trinajstić information content (AvgIpc) is 3.18. The van der Waals surface area contributed by atoms with E-state index in [4.69, 9.17) is 0 Å². The standard InChI is InChI=1S/C18H27NO2S/c1-12-13(2)18(21)19(17(12)20)10-6-4-3-5-7-16-14-8-9-15(11-14)22-16/h14-16H,3-11H2,1-2H3. The molecule has 0 radical (unpaired) electrons. The number of unbranched alkanes of at least 4 members (excludes halogenated alkanes) is 3. The molecule has 4 heteroatoms. The van der Waals surface area contributed by atoms with Gasteiger partial charge in [-0.15, -0.1) is 0 Å². The number of thioether (sulfide) groups is 1. The van der Waals surface area contributed by atoms with Gasteiger partial charge in [0.1, 0.15) is 0 Å². The third-order valence-electron chi connectivity index (χ3n) is 5.63. The van der Waals surface area contributed by atoms with Crippen molar-refractivity contribution in [3.63, 3.8) is 0 Å². The van der Waals surface area contributed by atoms with E-state index >= 15 is 0 Å². The van der Waals surface area contributed by atoms with Crippen LogP contribution in [-0.2, 0) is 9.59 Å². The minimum atomic E-state index is -0.0825. The van der Waals surface area contributed by atoms with E-state index in [9.17, 15) is 9.59 Å². The quantitative estimate of drug-likeness (QED) is 0.527. The number of imide groups is 1. The fourth-order valence-corrected chi connectivity index (χ4v) is 5.98. The predicted molar refractivity (Wildman–Crippen MR) is 90.7 cm³/mol. The highest BCUT2D eigenvalue weighted by Crippen LogP contribution is 2.50. The maximum Gasteiger partial charge on any atom is 0.256 e. The number of hydrogen-bond donors (Lipinski definition) is 0. The van der Waals surface area contributed by atoms with Gasteiger partial charge in [0, 0.05) is 28.2 Å². The van der Waals surface area contributed by atoms with Crippen LogP contribution in [-0.4, -0.2) is 33.8 Å². The number of amides is 2. The Morgan fingerprint density at radius 2 is 1.68 bits per heavy atom. The zero-order valence-corrected chi connectivity index (χ0v) is 14.6. The van der Waals surface area contributed by atoms with Crippen LogP contribution in [0, 0.1) is 5.92 Å². The van der Waals surface area contributed by atoms with Crippen molar-refractivity contribution in [3.05, 3.63) is 11.1 Å². The van der Waals surface area contributed by atoms with Gasteiger partial charge in [0.25, 0.3) is 11.8 Å². The Bertz CT molecular complexity index is 475. The summed E-state index contributed by atoms with van der Waals surface area (Å²) in [5.74, 6) is 0.841. The van der Waals surface area contributed by atoms with E-state index in [0.717, 1.165) is 29.3 Å². The molecule has 0 aromatic heterocycles. The lowest BCUT2D eigenvalue weighted by Crippen LogP contribution is -2.32. The van der Waals surface area contributed by atoms with Crippen LogP contribution >= 0.6 is 11.8 Å². The number of fused-ring (bicyclic) bond motifs is 2. The van der Waals surface area contributed by atoms with Crippen LogP contribution < -0.4 is 0 Å². The summed E-state index contributed by atoms with van der Waals surface area (Å²) in [5.41, 5.74) is 1.25. The molecule has 3 rings (SSSR count). The van der Waals surface area contributed by atoms with Gasteiger partial charge in [-0.25, -0.2) is 0 Å². The lowest BCUT2D eigenvalue weighted by atomic mass is 9.99. The molecule has 1 aliphatic carbocycles. The Kier molecular flexibility index (Phi) is 4.96. The van der Waals surface area contributed by atoms with Gasteiger partial charge in [-0.1, -0.05) is 19.3 Å². The molecule has 3 atom stereocenters. The predicted octanol–water partition coefficient (Wildman–Crippen LogP) is 3.93. The van der Waals surface area contributed by atoms with Crippen LogP contribution in [0.4, 0.5) is 0 Å². The molecule has 2 amide bonds. The van der Waals surface area contributed by atoms with Crippen molar-refractivity contribution in [1.82, 2.24) is 4.90 Å². The van der Waals surface area contributed by atoms with Crippen LogP contribution in [0.5, 0.6) is 0 Å². The molecule has 22 heavy (non-hydrogen) atoms. The lowest BCUT2D eigenvalue weighted by Gasteiger charge is -2.21. The van der Waals surface area contributed by atoms with E-state index < -0.39 is 0 Å². The third kappa shape index (κ3) is 3.12. The molecule has 1 saturated carbocycles. The van der Waals surface area contributed by atoms with Gasteiger partial charge in [0.05, 0.1) is 0 Å². The highest BCUT2D eigenvalue weighted by molar-refractivity contribution is 8.00. The van der Waals surface area contributed by atoms with Gasteiger partial charge in [0.2, 0.25) is 0 Å². The second kappa shape index (κ2) is 6.77. The maximum atomic E-state index is 11.9. The summed E-state index contributed by atoms with van der Waals surface area (Å²) in [5, 5.41) is 1.90. The van der Waals surface area contributed by atoms with Crippen LogP contribution in [0.15, 0.2) is 11.1 Å². The van der Waals surface area contributed by atoms with Crippen molar-refractivity contribution < 1.29 is 9.59 Å². The molecule has 0 aromatic rings. The molecule has 3 unspecified atom stereocenters. The first kappa shape index (κ1) is 16.1. The Hall–Kier alpha value is -0.770. The molecular formula is C18H27NO2S. The molecule has 0 N–H and O–H groups in total. The molecule has 2 heterocycles. The number of carbonyl (C=O) groups excluding carboxylic acids is 2. The zero-order chi connectivity index (χ0) is 15.7. The van der Waals surface area contributed by atoms with Gasteiger partial charge >= 0.3 is 0 Å². The third-order valence-corrected chi connectivity index (χ3v) is 7.42. The van der Waals surface area contributed by atoms with Crippen LogP contribution in [0.3, 0.4) is 0 Å². The summed E-state index contributed by atoms with van der Waals surface area (Å²) >= 11 is 2.24. The molecular weight excluding hydrogens is 294 g/mol. The average molecular weight is 321 g/mol. The highest BCUT2D eigenvalue weighted by atomic mass is 32.2. The van der Waals surface area contributed by atoms with E-state index in [1.165, 1.54) is 43.4 Å². The number of hydrogen-bond acceptors (Lipinski definition) is 3. The van der Waals surface area contributed by atoms with E-state index in [-0.39, 0.29) is 11.8 Å². The van der Waals surface area contributed by atoms with Crippen LogP contribution in [0.2, 0.25) is 0 Å². The largest absolute Gasteiger partial charge is 0.275 e. The van der Waals surface area contributed by atoms with Gasteiger partial charge in [-0.05, 0) is 51.9 Å². The summed E-state index contributed by atoms with van der Waals surface area (Å²) in [6.07, 6.45) is 10.4. The SMILES string of the molecule is CC1=C(C)C(=O)N(CCCCCCC2SC3CCC2C3)C1=O. The minimum Gasteiger partial charge on any atom is -0.275 e. The normalized spacial score (nSPS) is 31.0. The van der Waals surface area contributed by atoms with Crippen molar-refractivity contribution in [1.29, 1.82) is 0 Å². The Labute approximate surface area is 137 Å². The zero-order valence-electron chi connectivity index (χ0n) is 13.8. The Morgan fingerprint density at radius 3 is 2.27 bits per heavy atom. The Balaban J connectivity index is 1.29. The topological polar surface area (TPSA) is 37.4 Å². The molecule has 0 aromatic carbocycles. The van der Waals surface area contributed by atoms with Crippen molar-refractivity contribution in [2.45, 2.75) is 75.7 Å². The van der Waals surface area contributed by atoms with Gasteiger partial charge < -0.3 is 0 Å². The van der Waals surface area contributed by atoms with Crippen molar-refractivity contribution in [2.24, 2.45) is 5.92 Å². The highest BCUT2D eigenvalue weighted by Gasteiger charge is 2.39. The van der Waals surface area contributed by atoms with Crippen LogP contribution in [0.25, 0.3) is 0 Å². The van der Waals surface area contributed by atoms with Crippen LogP contribution in [0.1, 0.15) is 65.2 Å². The van der Waals surface area contributed by atoms with Gasteiger partial charge in [-0.2, -0.15) is 11.8 Å². The van der Waals surface area contributed by atoms with Gasteiger partial charge in [-0.3, -0.25) is 14.5 Å². The molecule has 3 aliphatic rings. The lowest BCUT2D eigenvalue weighted by molar-refractivity contribution is -0.137. The smallest absolute Gasteiger partial charge is 0.256 e. The summed E-state index contributed by atoms with van der Waals surface area (Å²) in [6, 6.07) is 0. The summed E-state index contributed by atoms with van der Waals surface area (Å²) in [6.45, 7) is 4.10. The fourth-order valence-electron chi connectivity index (χ4n) is 4.09. The molecule has 2 aliphatic heterocycles. The second-order valence-corrected chi connectivity index (χ2v) is 8.63. The van der Waals surface area contributed by atoms with Crippen molar-refractivity contribution >= 4 is 23.6 Å². The van der Waals surface area contributed by atoms with Crippen molar-refractivity contribution in [2.75, 3.05) is 6.54 Å². The summed E-state index contributed by atoms with van der Waals surface area (Å²) in [7, 11) is 0. The second-order valence-electron chi connectivity index (χ2n) is 7.08. The number of nitrogens with zero attached hydrogens (tertiary/aromatic N) is 1. The summed E-state index contributed by atoms with van der Waals surface area (Å²) < 4.78 is 0. The molecule has 1 saturated heterocycles. The molecule has 122 valence electrons. The summed E-state index contributed by atoms with van der Waals surface area (Å²) in [4.78, 5) is 25.3.